The van der Waals surface area contributed by atoms with Crippen LogP contribution in [0.15, 0.2) is 16.6 Å². The van der Waals surface area contributed by atoms with Gasteiger partial charge in [0.15, 0.2) is 0 Å². The van der Waals surface area contributed by atoms with E-state index in [9.17, 15) is 12.8 Å². The first-order chi connectivity index (χ1) is 8.81. The lowest BCUT2D eigenvalue weighted by Gasteiger charge is -2.07. The summed E-state index contributed by atoms with van der Waals surface area (Å²) in [7, 11) is -3.09. The molecule has 0 N–H and O–H groups in total. The van der Waals surface area contributed by atoms with Gasteiger partial charge >= 0.3 is 0 Å². The van der Waals surface area contributed by atoms with E-state index < -0.39 is 15.7 Å². The monoisotopic (exact) mass is 368 g/mol. The van der Waals surface area contributed by atoms with Crippen LogP contribution in [0.1, 0.15) is 5.82 Å². The molecule has 0 amide bonds. The Kier molecular flexibility index (Phi) is 4.17. The highest BCUT2D eigenvalue weighted by atomic mass is 79.9. The average Bonchev–Trinajstić information content (AvgIpc) is 2.63. The molecule has 0 aliphatic heterocycles. The van der Waals surface area contributed by atoms with Gasteiger partial charge in [-0.15, -0.1) is 11.6 Å². The lowest BCUT2D eigenvalue weighted by atomic mass is 10.3. The van der Waals surface area contributed by atoms with Crippen LogP contribution in [-0.4, -0.2) is 30.0 Å². The summed E-state index contributed by atoms with van der Waals surface area (Å²) in [6.07, 6.45) is 1.17. The molecule has 0 atom stereocenters. The van der Waals surface area contributed by atoms with Gasteiger partial charge in [-0.05, 0) is 22.0 Å². The summed E-state index contributed by atoms with van der Waals surface area (Å²) in [5, 5.41) is 0. The molecule has 0 aliphatic rings. The summed E-state index contributed by atoms with van der Waals surface area (Å²) in [4.78, 5) is 4.21. The molecular formula is C11H11BrClFN2O2S. The molecule has 1 heterocycles. The third-order valence-corrected chi connectivity index (χ3v) is 4.45. The van der Waals surface area contributed by atoms with Gasteiger partial charge in [0.05, 0.1) is 27.1 Å². The molecule has 0 aliphatic carbocycles. The minimum absolute atomic E-state index is 0.0165. The van der Waals surface area contributed by atoms with Crippen LogP contribution in [-0.2, 0) is 22.3 Å². The van der Waals surface area contributed by atoms with Crippen molar-refractivity contribution >= 4 is 48.4 Å². The summed E-state index contributed by atoms with van der Waals surface area (Å²) < 4.78 is 37.9. The van der Waals surface area contributed by atoms with Crippen molar-refractivity contribution in [2.75, 3.05) is 12.0 Å². The van der Waals surface area contributed by atoms with E-state index in [0.29, 0.717) is 21.3 Å². The number of halogens is 3. The van der Waals surface area contributed by atoms with Crippen molar-refractivity contribution in [3.8, 4) is 0 Å². The van der Waals surface area contributed by atoms with Gasteiger partial charge in [0.25, 0.3) is 0 Å². The molecule has 2 rings (SSSR count). The molecular weight excluding hydrogens is 359 g/mol. The Hall–Kier alpha value is -0.660. The zero-order chi connectivity index (χ0) is 14.2. The van der Waals surface area contributed by atoms with Crippen LogP contribution < -0.4 is 0 Å². The van der Waals surface area contributed by atoms with Crippen LogP contribution in [0.2, 0.25) is 0 Å². The Morgan fingerprint density at radius 1 is 1.47 bits per heavy atom. The number of nitrogens with zero attached hydrogens (tertiary/aromatic N) is 2. The topological polar surface area (TPSA) is 52.0 Å². The predicted octanol–water partition coefficient (Wildman–Crippen LogP) is 2.72. The zero-order valence-electron chi connectivity index (χ0n) is 10.0. The van der Waals surface area contributed by atoms with Gasteiger partial charge in [-0.3, -0.25) is 0 Å². The van der Waals surface area contributed by atoms with Crippen LogP contribution in [0.4, 0.5) is 4.39 Å². The first kappa shape index (κ1) is 14.7. The zero-order valence-corrected chi connectivity index (χ0v) is 13.2. The second-order valence-electron chi connectivity index (χ2n) is 4.20. The first-order valence-corrected chi connectivity index (χ1v) is 8.78. The smallest absolute Gasteiger partial charge is 0.149 e. The molecule has 0 spiro atoms. The van der Waals surface area contributed by atoms with Gasteiger partial charge in [-0.2, -0.15) is 0 Å². The van der Waals surface area contributed by atoms with E-state index in [2.05, 4.69) is 20.9 Å². The minimum Gasteiger partial charge on any atom is -0.326 e. The van der Waals surface area contributed by atoms with Crippen LogP contribution in [0, 0.1) is 5.82 Å². The molecule has 4 nitrogen and oxygen atoms in total. The van der Waals surface area contributed by atoms with Gasteiger partial charge in [0, 0.05) is 18.9 Å². The number of fused-ring (bicyclic) bond motifs is 1. The number of hydrogen-bond donors (Lipinski definition) is 0. The standard InChI is InChI=1S/C11H11BrClFN2O2S/c1-19(17,18)3-2-16-10-4-7(12)8(14)5-9(10)15-11(16)6-13/h4-5H,2-3,6H2,1H3. The molecule has 0 unspecified atom stereocenters. The molecule has 104 valence electrons. The number of rotatable bonds is 4. The molecule has 0 saturated carbocycles. The first-order valence-electron chi connectivity index (χ1n) is 5.39. The minimum atomic E-state index is -3.09. The Labute approximate surface area is 123 Å². The van der Waals surface area contributed by atoms with Gasteiger partial charge in [-0.25, -0.2) is 17.8 Å². The largest absolute Gasteiger partial charge is 0.326 e. The third-order valence-electron chi connectivity index (χ3n) is 2.67. The number of aryl methyl sites for hydroxylation is 1. The van der Waals surface area contributed by atoms with E-state index >= 15 is 0 Å². The van der Waals surface area contributed by atoms with Crippen molar-refractivity contribution in [2.45, 2.75) is 12.4 Å². The molecule has 0 saturated heterocycles. The van der Waals surface area contributed by atoms with Gasteiger partial charge in [0.2, 0.25) is 0 Å². The fourth-order valence-corrected chi connectivity index (χ4v) is 2.83. The average molecular weight is 370 g/mol. The molecule has 0 radical (unpaired) electrons. The van der Waals surface area contributed by atoms with Crippen LogP contribution in [0.25, 0.3) is 11.0 Å². The number of benzene rings is 1. The van der Waals surface area contributed by atoms with Crippen LogP contribution >= 0.6 is 27.5 Å². The van der Waals surface area contributed by atoms with Crippen LogP contribution in [0.5, 0.6) is 0 Å². The maximum Gasteiger partial charge on any atom is 0.149 e. The molecule has 1 aromatic heterocycles. The Morgan fingerprint density at radius 3 is 2.74 bits per heavy atom. The Bertz CT molecular complexity index is 730. The lowest BCUT2D eigenvalue weighted by Crippen LogP contribution is -2.13. The number of sulfone groups is 1. The van der Waals surface area contributed by atoms with Crippen molar-refractivity contribution in [1.29, 1.82) is 0 Å². The van der Waals surface area contributed by atoms with Gasteiger partial charge in [-0.1, -0.05) is 0 Å². The van der Waals surface area contributed by atoms with E-state index in [-0.39, 0.29) is 18.2 Å². The van der Waals surface area contributed by atoms with Crippen molar-refractivity contribution in [1.82, 2.24) is 9.55 Å². The molecule has 1 aromatic carbocycles. The van der Waals surface area contributed by atoms with Crippen molar-refractivity contribution in [2.24, 2.45) is 0 Å². The normalized spacial score (nSPS) is 12.2. The van der Waals surface area contributed by atoms with E-state index in [1.165, 1.54) is 12.3 Å². The highest BCUT2D eigenvalue weighted by molar-refractivity contribution is 9.10. The van der Waals surface area contributed by atoms with E-state index in [4.69, 9.17) is 11.6 Å². The fraction of sp³-hybridized carbons (Fsp3) is 0.364. The number of alkyl halides is 1. The van der Waals surface area contributed by atoms with E-state index in [0.717, 1.165) is 0 Å². The Balaban J connectivity index is 2.54. The lowest BCUT2D eigenvalue weighted by molar-refractivity contribution is 0.594. The molecule has 8 heteroatoms. The Morgan fingerprint density at radius 2 is 2.16 bits per heavy atom. The second-order valence-corrected chi connectivity index (χ2v) is 7.58. The maximum atomic E-state index is 13.4. The van der Waals surface area contributed by atoms with Crippen molar-refractivity contribution in [3.63, 3.8) is 0 Å². The quantitative estimate of drug-likeness (QED) is 0.779. The summed E-state index contributed by atoms with van der Waals surface area (Å²) in [5.41, 5.74) is 1.12. The second kappa shape index (κ2) is 5.38. The summed E-state index contributed by atoms with van der Waals surface area (Å²) in [5.74, 6) is 0.230. The highest BCUT2D eigenvalue weighted by Gasteiger charge is 2.14. The van der Waals surface area contributed by atoms with E-state index in [1.807, 2.05) is 0 Å². The summed E-state index contributed by atoms with van der Waals surface area (Å²) >= 11 is 8.90. The SMILES string of the molecule is CS(=O)(=O)CCn1c(CCl)nc2cc(F)c(Br)cc21. The number of hydrogen-bond acceptors (Lipinski definition) is 3. The number of imidazole rings is 1. The van der Waals surface area contributed by atoms with Crippen molar-refractivity contribution < 1.29 is 12.8 Å². The summed E-state index contributed by atoms with van der Waals surface area (Å²) in [6, 6.07) is 2.88. The van der Waals surface area contributed by atoms with Gasteiger partial charge in [0.1, 0.15) is 21.5 Å². The third kappa shape index (κ3) is 3.27. The summed E-state index contributed by atoms with van der Waals surface area (Å²) in [6.45, 7) is 0.245. The highest BCUT2D eigenvalue weighted by Crippen LogP contribution is 2.25. The van der Waals surface area contributed by atoms with Crippen LogP contribution in [0.3, 0.4) is 0 Å². The van der Waals surface area contributed by atoms with E-state index in [1.54, 1.807) is 10.6 Å². The predicted molar refractivity (Wildman–Crippen MR) is 76.7 cm³/mol. The molecule has 0 bridgehead atoms. The van der Waals surface area contributed by atoms with Gasteiger partial charge < -0.3 is 4.57 Å². The molecule has 2 aromatic rings. The number of aromatic nitrogens is 2. The van der Waals surface area contributed by atoms with Crippen molar-refractivity contribution in [3.05, 3.63) is 28.2 Å². The maximum absolute atomic E-state index is 13.4. The fourth-order valence-electron chi connectivity index (χ4n) is 1.78. The molecule has 19 heavy (non-hydrogen) atoms. The molecule has 0 fully saturated rings.